The van der Waals surface area contributed by atoms with E-state index in [1.807, 2.05) is 11.9 Å². The Hall–Kier alpha value is -2.66. The van der Waals surface area contributed by atoms with Gasteiger partial charge in [-0.3, -0.25) is 0 Å². The lowest BCUT2D eigenvalue weighted by molar-refractivity contribution is -0.139. The van der Waals surface area contributed by atoms with E-state index >= 15 is 0 Å². The summed E-state index contributed by atoms with van der Waals surface area (Å²) in [6.07, 6.45) is -4.95. The molecule has 1 fully saturated rings. The van der Waals surface area contributed by atoms with Crippen LogP contribution in [0.3, 0.4) is 0 Å². The lowest BCUT2D eigenvalue weighted by atomic mass is 10.0. The number of nitrogens with one attached hydrogen (secondary N) is 1. The standard InChI is InChI=1S/C19H22F4N6O/c1-28-6-5-14(12(20)9-28)25-13-3-2-4-15-11(13)7-16(29(15)10-19(21,22)23)18-27-26-17(8-24)30-18/h2-4,7,12,14,25H,5-6,8-10,24H2,1H3/t12-,14+/m1/s1. The van der Waals surface area contributed by atoms with Crippen molar-refractivity contribution in [1.82, 2.24) is 19.7 Å². The third kappa shape index (κ3) is 4.12. The fourth-order valence-corrected chi connectivity index (χ4v) is 3.80. The Morgan fingerprint density at radius 2 is 2.10 bits per heavy atom. The molecule has 0 aliphatic carbocycles. The van der Waals surface area contributed by atoms with Gasteiger partial charge in [-0.2, -0.15) is 13.2 Å². The molecule has 7 nitrogen and oxygen atoms in total. The molecule has 0 amide bonds. The van der Waals surface area contributed by atoms with Crippen molar-refractivity contribution < 1.29 is 22.0 Å². The number of nitrogens with two attached hydrogens (primary N) is 1. The molecule has 1 saturated heterocycles. The van der Waals surface area contributed by atoms with Crippen LogP contribution < -0.4 is 11.1 Å². The number of fused-ring (bicyclic) bond motifs is 1. The van der Waals surface area contributed by atoms with Gasteiger partial charge in [0.25, 0.3) is 5.89 Å². The molecule has 2 atom stereocenters. The molecule has 3 heterocycles. The summed E-state index contributed by atoms with van der Waals surface area (Å²) in [6, 6.07) is 6.09. The Bertz CT molecular complexity index is 1030. The second-order valence-corrected chi connectivity index (χ2v) is 7.49. The Kier molecular flexibility index (Phi) is 5.41. The van der Waals surface area contributed by atoms with Gasteiger partial charge in [-0.25, -0.2) is 4.39 Å². The maximum absolute atomic E-state index is 14.5. The van der Waals surface area contributed by atoms with Gasteiger partial charge in [-0.15, -0.1) is 10.2 Å². The third-order valence-corrected chi connectivity index (χ3v) is 5.23. The van der Waals surface area contributed by atoms with Crippen molar-refractivity contribution in [2.45, 2.75) is 37.9 Å². The Morgan fingerprint density at radius 3 is 2.77 bits per heavy atom. The molecule has 0 unspecified atom stereocenters. The van der Waals surface area contributed by atoms with Gasteiger partial charge in [0.15, 0.2) is 0 Å². The van der Waals surface area contributed by atoms with Gasteiger partial charge in [0.1, 0.15) is 18.4 Å². The predicted molar refractivity (Wildman–Crippen MR) is 104 cm³/mol. The Labute approximate surface area is 169 Å². The van der Waals surface area contributed by atoms with E-state index < -0.39 is 24.9 Å². The summed E-state index contributed by atoms with van der Waals surface area (Å²) in [4.78, 5) is 1.91. The molecule has 4 rings (SSSR count). The van der Waals surface area contributed by atoms with Gasteiger partial charge in [0, 0.05) is 24.2 Å². The zero-order chi connectivity index (χ0) is 21.5. The molecule has 0 bridgehead atoms. The number of halogens is 4. The minimum atomic E-state index is -4.46. The zero-order valence-electron chi connectivity index (χ0n) is 16.3. The minimum absolute atomic E-state index is 0.0205. The van der Waals surface area contributed by atoms with Crippen LogP contribution in [0.1, 0.15) is 12.3 Å². The summed E-state index contributed by atoms with van der Waals surface area (Å²) < 4.78 is 60.9. The van der Waals surface area contributed by atoms with Crippen molar-refractivity contribution in [3.05, 3.63) is 30.2 Å². The van der Waals surface area contributed by atoms with Gasteiger partial charge in [0.2, 0.25) is 5.89 Å². The van der Waals surface area contributed by atoms with E-state index in [0.717, 1.165) is 11.1 Å². The zero-order valence-corrected chi connectivity index (χ0v) is 16.3. The number of piperidine rings is 1. The fourth-order valence-electron chi connectivity index (χ4n) is 3.80. The highest BCUT2D eigenvalue weighted by Crippen LogP contribution is 2.35. The first-order valence-electron chi connectivity index (χ1n) is 9.56. The van der Waals surface area contributed by atoms with Crippen LogP contribution in [0.15, 0.2) is 28.7 Å². The predicted octanol–water partition coefficient (Wildman–Crippen LogP) is 3.17. The number of alkyl halides is 4. The lowest BCUT2D eigenvalue weighted by Crippen LogP contribution is -2.46. The van der Waals surface area contributed by atoms with Crippen LogP contribution in [0.2, 0.25) is 0 Å². The molecule has 2 aromatic heterocycles. The Morgan fingerprint density at radius 1 is 1.30 bits per heavy atom. The first kappa shape index (κ1) is 20.6. The van der Waals surface area contributed by atoms with Crippen LogP contribution in [0.4, 0.5) is 23.2 Å². The average molecular weight is 426 g/mol. The second kappa shape index (κ2) is 7.88. The Balaban J connectivity index is 1.77. The van der Waals surface area contributed by atoms with Crippen LogP contribution in [-0.4, -0.2) is 58.2 Å². The number of likely N-dealkylation sites (tertiary alicyclic amines) is 1. The van der Waals surface area contributed by atoms with E-state index in [2.05, 4.69) is 15.5 Å². The van der Waals surface area contributed by atoms with Gasteiger partial charge in [-0.05, 0) is 31.7 Å². The number of hydrogen-bond acceptors (Lipinski definition) is 6. The van der Waals surface area contributed by atoms with Crippen LogP contribution in [0, 0.1) is 0 Å². The average Bonchev–Trinajstić information content (AvgIpc) is 3.28. The van der Waals surface area contributed by atoms with E-state index in [1.54, 1.807) is 24.3 Å². The van der Waals surface area contributed by atoms with Crippen molar-refractivity contribution in [1.29, 1.82) is 0 Å². The molecule has 162 valence electrons. The third-order valence-electron chi connectivity index (χ3n) is 5.23. The van der Waals surface area contributed by atoms with E-state index in [4.69, 9.17) is 10.2 Å². The summed E-state index contributed by atoms with van der Waals surface area (Å²) in [5.41, 5.74) is 6.50. The van der Waals surface area contributed by atoms with Gasteiger partial charge >= 0.3 is 6.18 Å². The molecular formula is C19H22F4N6O. The largest absolute Gasteiger partial charge is 0.418 e. The van der Waals surface area contributed by atoms with Crippen molar-refractivity contribution in [3.8, 4) is 11.6 Å². The lowest BCUT2D eigenvalue weighted by Gasteiger charge is -2.33. The molecule has 3 aromatic rings. The number of rotatable bonds is 5. The summed E-state index contributed by atoms with van der Waals surface area (Å²) in [5, 5.41) is 11.3. The van der Waals surface area contributed by atoms with Crippen molar-refractivity contribution in [2.24, 2.45) is 5.73 Å². The van der Waals surface area contributed by atoms with E-state index in [9.17, 15) is 17.6 Å². The maximum Gasteiger partial charge on any atom is 0.406 e. The van der Waals surface area contributed by atoms with E-state index in [1.165, 1.54) is 0 Å². The highest BCUT2D eigenvalue weighted by Gasteiger charge is 2.32. The number of hydrogen-bond donors (Lipinski definition) is 2. The van der Waals surface area contributed by atoms with Gasteiger partial charge in [-0.1, -0.05) is 6.07 Å². The molecule has 1 aliphatic rings. The molecule has 11 heteroatoms. The monoisotopic (exact) mass is 426 g/mol. The fraction of sp³-hybridized carbons (Fsp3) is 0.474. The highest BCUT2D eigenvalue weighted by molar-refractivity contribution is 5.96. The number of aromatic nitrogens is 3. The SMILES string of the molecule is CN1CC[C@H](Nc2cccc3c2cc(-c2nnc(CN)o2)n3CC(F)(F)F)[C@H](F)C1. The van der Waals surface area contributed by atoms with Crippen molar-refractivity contribution >= 4 is 16.6 Å². The van der Waals surface area contributed by atoms with Gasteiger partial charge in [0.05, 0.1) is 18.1 Å². The summed E-state index contributed by atoms with van der Waals surface area (Å²) in [6.45, 7) is -0.209. The van der Waals surface area contributed by atoms with E-state index in [0.29, 0.717) is 29.6 Å². The summed E-state index contributed by atoms with van der Waals surface area (Å²) in [7, 11) is 1.85. The van der Waals surface area contributed by atoms with Gasteiger partial charge < -0.3 is 24.9 Å². The van der Waals surface area contributed by atoms with Crippen LogP contribution in [0.5, 0.6) is 0 Å². The topological polar surface area (TPSA) is 85.1 Å². The second-order valence-electron chi connectivity index (χ2n) is 7.49. The summed E-state index contributed by atoms with van der Waals surface area (Å²) in [5.74, 6) is 0.0725. The molecule has 30 heavy (non-hydrogen) atoms. The van der Waals surface area contributed by atoms with Crippen LogP contribution >= 0.6 is 0 Å². The quantitative estimate of drug-likeness (QED) is 0.610. The van der Waals surface area contributed by atoms with Crippen molar-refractivity contribution in [2.75, 3.05) is 25.5 Å². The van der Waals surface area contributed by atoms with Crippen LogP contribution in [-0.2, 0) is 13.1 Å². The molecule has 3 N–H and O–H groups in total. The highest BCUT2D eigenvalue weighted by atomic mass is 19.4. The minimum Gasteiger partial charge on any atom is -0.418 e. The van der Waals surface area contributed by atoms with E-state index in [-0.39, 0.29) is 24.0 Å². The van der Waals surface area contributed by atoms with Crippen LogP contribution in [0.25, 0.3) is 22.5 Å². The first-order valence-corrected chi connectivity index (χ1v) is 9.56. The molecule has 1 aliphatic heterocycles. The molecule has 0 saturated carbocycles. The molecule has 1 aromatic carbocycles. The maximum atomic E-state index is 14.5. The number of nitrogens with zero attached hydrogens (tertiary/aromatic N) is 4. The normalized spacial score (nSPS) is 20.7. The molecule has 0 radical (unpaired) electrons. The number of anilines is 1. The van der Waals surface area contributed by atoms with Crippen molar-refractivity contribution in [3.63, 3.8) is 0 Å². The molecular weight excluding hydrogens is 404 g/mol. The first-order chi connectivity index (χ1) is 14.2. The smallest absolute Gasteiger partial charge is 0.406 e. The number of benzene rings is 1. The molecule has 0 spiro atoms. The summed E-state index contributed by atoms with van der Waals surface area (Å²) >= 11 is 0.